The second-order valence-electron chi connectivity index (χ2n) is 8.12. The summed E-state index contributed by atoms with van der Waals surface area (Å²) in [5.74, 6) is 3.12. The highest BCUT2D eigenvalue weighted by Crippen LogP contribution is 2.27. The quantitative estimate of drug-likeness (QED) is 0.835. The van der Waals surface area contributed by atoms with Gasteiger partial charge in [-0.1, -0.05) is 6.92 Å². The minimum atomic E-state index is -0.00840. The first kappa shape index (κ1) is 19.8. The Morgan fingerprint density at radius 1 is 1.17 bits per heavy atom. The molecule has 0 saturated carbocycles. The summed E-state index contributed by atoms with van der Waals surface area (Å²) in [4.78, 5) is 25.2. The van der Waals surface area contributed by atoms with Crippen LogP contribution in [0.2, 0.25) is 0 Å². The van der Waals surface area contributed by atoms with Gasteiger partial charge in [-0.25, -0.2) is 4.98 Å². The van der Waals surface area contributed by atoms with Crippen molar-refractivity contribution in [2.24, 2.45) is 5.92 Å². The third kappa shape index (κ3) is 4.24. The molecule has 0 amide bonds. The molecule has 2 aliphatic rings. The summed E-state index contributed by atoms with van der Waals surface area (Å²) in [7, 11) is 3.34. The van der Waals surface area contributed by atoms with E-state index in [1.807, 2.05) is 18.2 Å². The van der Waals surface area contributed by atoms with Gasteiger partial charge in [0.25, 0.3) is 5.56 Å². The van der Waals surface area contributed by atoms with Crippen molar-refractivity contribution in [1.29, 1.82) is 0 Å². The summed E-state index contributed by atoms with van der Waals surface area (Å²) in [5, 5.41) is 0. The van der Waals surface area contributed by atoms with E-state index < -0.39 is 0 Å². The molecule has 0 bridgehead atoms. The Bertz CT molecular complexity index is 919. The number of anilines is 1. The number of nitrogens with zero attached hydrogens (tertiary/aromatic N) is 3. The Morgan fingerprint density at radius 2 is 1.97 bits per heavy atom. The Hall–Kier alpha value is -2.54. The van der Waals surface area contributed by atoms with Gasteiger partial charge in [-0.2, -0.15) is 0 Å². The van der Waals surface area contributed by atoms with Gasteiger partial charge in [0.2, 0.25) is 5.95 Å². The van der Waals surface area contributed by atoms with Crippen LogP contribution in [0.1, 0.15) is 36.6 Å². The van der Waals surface area contributed by atoms with Crippen LogP contribution in [0.25, 0.3) is 0 Å². The molecule has 7 heteroatoms. The number of ether oxygens (including phenoxy) is 2. The fourth-order valence-electron chi connectivity index (χ4n) is 4.22. The summed E-state index contributed by atoms with van der Waals surface area (Å²) in [5.41, 5.74) is 2.77. The molecule has 7 nitrogen and oxygen atoms in total. The van der Waals surface area contributed by atoms with Gasteiger partial charge in [0.05, 0.1) is 25.5 Å². The molecule has 0 spiro atoms. The van der Waals surface area contributed by atoms with Crippen molar-refractivity contribution in [1.82, 2.24) is 14.9 Å². The number of aromatic amines is 1. The summed E-state index contributed by atoms with van der Waals surface area (Å²) < 4.78 is 10.9. The Morgan fingerprint density at radius 3 is 2.69 bits per heavy atom. The number of rotatable bonds is 5. The zero-order chi connectivity index (χ0) is 20.4. The smallest absolute Gasteiger partial charge is 0.257 e. The van der Waals surface area contributed by atoms with Crippen molar-refractivity contribution in [3.8, 4) is 11.5 Å². The number of benzene rings is 1. The monoisotopic (exact) mass is 398 g/mol. The molecule has 1 saturated heterocycles. The molecule has 0 aliphatic carbocycles. The fourth-order valence-corrected chi connectivity index (χ4v) is 4.22. The van der Waals surface area contributed by atoms with E-state index in [9.17, 15) is 4.79 Å². The van der Waals surface area contributed by atoms with Crippen LogP contribution >= 0.6 is 0 Å². The third-order valence-electron chi connectivity index (χ3n) is 6.10. The first-order valence-corrected chi connectivity index (χ1v) is 10.4. The van der Waals surface area contributed by atoms with E-state index in [-0.39, 0.29) is 5.56 Å². The van der Waals surface area contributed by atoms with E-state index in [4.69, 9.17) is 14.5 Å². The maximum Gasteiger partial charge on any atom is 0.257 e. The lowest BCUT2D eigenvalue weighted by Crippen LogP contribution is -2.39. The van der Waals surface area contributed by atoms with Crippen LogP contribution < -0.4 is 19.9 Å². The third-order valence-corrected chi connectivity index (χ3v) is 6.10. The van der Waals surface area contributed by atoms with E-state index in [1.54, 1.807) is 14.2 Å². The zero-order valence-corrected chi connectivity index (χ0v) is 17.5. The molecule has 156 valence electrons. The Balaban J connectivity index is 1.51. The van der Waals surface area contributed by atoms with Crippen molar-refractivity contribution in [3.05, 3.63) is 45.4 Å². The van der Waals surface area contributed by atoms with E-state index >= 15 is 0 Å². The SMILES string of the molecule is COc1ccc(OC)c(CN2CCc3nc(N4CCC(C)CC4)[nH]c(=O)c3C2)c1. The molecule has 1 aromatic heterocycles. The van der Waals surface area contributed by atoms with Crippen molar-refractivity contribution in [2.75, 3.05) is 38.8 Å². The van der Waals surface area contributed by atoms with Crippen molar-refractivity contribution in [2.45, 2.75) is 39.3 Å². The number of methoxy groups -OCH3 is 2. The highest BCUT2D eigenvalue weighted by atomic mass is 16.5. The molecule has 29 heavy (non-hydrogen) atoms. The summed E-state index contributed by atoms with van der Waals surface area (Å²) in [6.45, 7) is 6.36. The number of aromatic nitrogens is 2. The minimum absolute atomic E-state index is 0.00840. The van der Waals surface area contributed by atoms with Gasteiger partial charge in [-0.05, 0) is 37.0 Å². The molecular formula is C22H30N4O3. The van der Waals surface area contributed by atoms with E-state index in [2.05, 4.69) is 21.7 Å². The van der Waals surface area contributed by atoms with Gasteiger partial charge < -0.3 is 14.4 Å². The highest BCUT2D eigenvalue weighted by molar-refractivity contribution is 5.40. The van der Waals surface area contributed by atoms with Gasteiger partial charge in [-0.15, -0.1) is 0 Å². The molecular weight excluding hydrogens is 368 g/mol. The van der Waals surface area contributed by atoms with Crippen molar-refractivity contribution in [3.63, 3.8) is 0 Å². The van der Waals surface area contributed by atoms with Gasteiger partial charge >= 0.3 is 0 Å². The number of nitrogens with one attached hydrogen (secondary N) is 1. The van der Waals surface area contributed by atoms with E-state index in [0.29, 0.717) is 13.1 Å². The maximum atomic E-state index is 12.8. The second-order valence-corrected chi connectivity index (χ2v) is 8.12. The molecule has 3 heterocycles. The molecule has 2 aromatic rings. The normalized spacial score (nSPS) is 17.8. The van der Waals surface area contributed by atoms with Crippen LogP contribution in [-0.2, 0) is 19.5 Å². The first-order valence-electron chi connectivity index (χ1n) is 10.4. The molecule has 4 rings (SSSR count). The number of H-pyrrole nitrogens is 1. The Labute approximate surface area is 171 Å². The lowest BCUT2D eigenvalue weighted by atomic mass is 9.99. The van der Waals surface area contributed by atoms with E-state index in [0.717, 1.165) is 79.1 Å². The summed E-state index contributed by atoms with van der Waals surface area (Å²) in [6, 6.07) is 5.81. The number of hydrogen-bond donors (Lipinski definition) is 1. The topological polar surface area (TPSA) is 70.7 Å². The largest absolute Gasteiger partial charge is 0.497 e. The molecule has 1 aromatic carbocycles. The molecule has 0 atom stereocenters. The maximum absolute atomic E-state index is 12.8. The molecule has 1 N–H and O–H groups in total. The van der Waals surface area contributed by atoms with Crippen LogP contribution in [0.5, 0.6) is 11.5 Å². The number of fused-ring (bicyclic) bond motifs is 1. The molecule has 1 fully saturated rings. The average Bonchev–Trinajstić information content (AvgIpc) is 2.74. The first-order chi connectivity index (χ1) is 14.1. The predicted octanol–water partition coefficient (Wildman–Crippen LogP) is 2.58. The molecule has 2 aliphatic heterocycles. The lowest BCUT2D eigenvalue weighted by molar-refractivity contribution is 0.237. The zero-order valence-electron chi connectivity index (χ0n) is 17.5. The van der Waals surface area contributed by atoms with Crippen molar-refractivity contribution < 1.29 is 9.47 Å². The summed E-state index contributed by atoms with van der Waals surface area (Å²) in [6.07, 6.45) is 3.08. The molecule has 0 unspecified atom stereocenters. The number of piperidine rings is 1. The average molecular weight is 399 g/mol. The lowest BCUT2D eigenvalue weighted by Gasteiger charge is -2.32. The fraction of sp³-hybridized carbons (Fsp3) is 0.545. The predicted molar refractivity (Wildman–Crippen MR) is 113 cm³/mol. The summed E-state index contributed by atoms with van der Waals surface area (Å²) >= 11 is 0. The van der Waals surface area contributed by atoms with Gasteiger partial charge in [0.1, 0.15) is 11.5 Å². The van der Waals surface area contributed by atoms with Crippen LogP contribution in [0.3, 0.4) is 0 Å². The van der Waals surface area contributed by atoms with Gasteiger partial charge in [-0.3, -0.25) is 14.7 Å². The number of hydrogen-bond acceptors (Lipinski definition) is 6. The standard InChI is InChI=1S/C22H30N4O3/c1-15-6-10-26(11-7-15)22-23-19-8-9-25(14-18(19)21(27)24-22)13-16-12-17(28-2)4-5-20(16)29-3/h4-5,12,15H,6-11,13-14H2,1-3H3,(H,23,24,27). The second kappa shape index (κ2) is 8.45. The van der Waals surface area contributed by atoms with Crippen LogP contribution in [0.15, 0.2) is 23.0 Å². The minimum Gasteiger partial charge on any atom is -0.497 e. The van der Waals surface area contributed by atoms with E-state index in [1.165, 1.54) is 0 Å². The van der Waals surface area contributed by atoms with Crippen LogP contribution in [-0.4, -0.2) is 48.7 Å². The Kier molecular flexibility index (Phi) is 5.76. The van der Waals surface area contributed by atoms with Gasteiger partial charge in [0, 0.05) is 44.7 Å². The highest BCUT2D eigenvalue weighted by Gasteiger charge is 2.24. The van der Waals surface area contributed by atoms with Crippen LogP contribution in [0.4, 0.5) is 5.95 Å². The van der Waals surface area contributed by atoms with Crippen LogP contribution in [0, 0.1) is 5.92 Å². The van der Waals surface area contributed by atoms with Gasteiger partial charge in [0.15, 0.2) is 0 Å². The van der Waals surface area contributed by atoms with Crippen molar-refractivity contribution >= 4 is 5.95 Å². The molecule has 0 radical (unpaired) electrons.